The minimum atomic E-state index is -0.967. The molecular formula is C15H19NO4. The summed E-state index contributed by atoms with van der Waals surface area (Å²) in [5.41, 5.74) is 1.21. The van der Waals surface area contributed by atoms with Crippen LogP contribution in [-0.2, 0) is 14.3 Å². The molecule has 5 heteroatoms. The Bertz CT molecular complexity index is 480. The van der Waals surface area contributed by atoms with Gasteiger partial charge in [0.05, 0.1) is 0 Å². The van der Waals surface area contributed by atoms with E-state index in [1.54, 1.807) is 0 Å². The van der Waals surface area contributed by atoms with E-state index >= 15 is 0 Å². The van der Waals surface area contributed by atoms with Crippen LogP contribution in [0.5, 0.6) is 0 Å². The molecule has 0 spiro atoms. The number of carboxylic acids is 1. The van der Waals surface area contributed by atoms with Crippen molar-refractivity contribution in [3.8, 4) is 0 Å². The number of hydrogen-bond donors (Lipinski definition) is 2. The number of rotatable bonds is 8. The topological polar surface area (TPSA) is 75.6 Å². The van der Waals surface area contributed by atoms with E-state index in [1.807, 2.05) is 43.2 Å². The fraction of sp³-hybridized carbons (Fsp3) is 0.400. The first-order valence-electron chi connectivity index (χ1n) is 6.48. The van der Waals surface area contributed by atoms with Crippen molar-refractivity contribution in [1.29, 1.82) is 0 Å². The lowest BCUT2D eigenvalue weighted by Crippen LogP contribution is -2.43. The third-order valence-electron chi connectivity index (χ3n) is 2.81. The van der Waals surface area contributed by atoms with Gasteiger partial charge in [-0.05, 0) is 19.4 Å². The first kappa shape index (κ1) is 16.1. The molecule has 20 heavy (non-hydrogen) atoms. The van der Waals surface area contributed by atoms with E-state index in [2.05, 4.69) is 5.32 Å². The van der Waals surface area contributed by atoms with Gasteiger partial charge in [-0.2, -0.15) is 0 Å². The molecule has 2 atom stereocenters. The Balaban J connectivity index is 2.78. The third kappa shape index (κ3) is 4.97. The molecule has 0 aliphatic carbocycles. The van der Waals surface area contributed by atoms with Gasteiger partial charge in [-0.1, -0.05) is 30.3 Å². The van der Waals surface area contributed by atoms with Gasteiger partial charge in [-0.3, -0.25) is 10.1 Å². The first-order valence-corrected chi connectivity index (χ1v) is 6.48. The monoisotopic (exact) mass is 277 g/mol. The molecule has 2 N–H and O–H groups in total. The molecule has 0 fully saturated rings. The van der Waals surface area contributed by atoms with Crippen molar-refractivity contribution in [2.75, 3.05) is 6.61 Å². The van der Waals surface area contributed by atoms with Crippen molar-refractivity contribution in [3.63, 3.8) is 0 Å². The van der Waals surface area contributed by atoms with E-state index < -0.39 is 18.2 Å². The standard InChI is InChI=1S/C15H19NO4/c1-3-20-14(16-11(2)15(18)19)9-13(10-17)12-7-5-4-6-8-12/h4-8,11,14,16H,3,9H2,1-2H3,(H,18,19)/t11-,14?/m0/s1. The van der Waals surface area contributed by atoms with Crippen LogP contribution in [0.4, 0.5) is 0 Å². The Morgan fingerprint density at radius 3 is 2.55 bits per heavy atom. The molecule has 0 saturated heterocycles. The quantitative estimate of drug-likeness (QED) is 0.559. The molecule has 0 saturated carbocycles. The minimum Gasteiger partial charge on any atom is -0.480 e. The van der Waals surface area contributed by atoms with Gasteiger partial charge in [0.25, 0.3) is 0 Å². The summed E-state index contributed by atoms with van der Waals surface area (Å²) in [5, 5.41) is 11.7. The molecular weight excluding hydrogens is 258 g/mol. The molecule has 1 aromatic rings. The Morgan fingerprint density at radius 1 is 1.40 bits per heavy atom. The van der Waals surface area contributed by atoms with Crippen LogP contribution in [-0.4, -0.2) is 35.9 Å². The minimum absolute atomic E-state index is 0.263. The van der Waals surface area contributed by atoms with E-state index in [9.17, 15) is 9.59 Å². The van der Waals surface area contributed by atoms with Crippen LogP contribution in [0.3, 0.4) is 0 Å². The van der Waals surface area contributed by atoms with E-state index in [0.717, 1.165) is 5.56 Å². The highest BCUT2D eigenvalue weighted by molar-refractivity contribution is 5.87. The van der Waals surface area contributed by atoms with Gasteiger partial charge < -0.3 is 9.84 Å². The number of nitrogens with one attached hydrogen (secondary N) is 1. The van der Waals surface area contributed by atoms with Crippen molar-refractivity contribution in [2.24, 2.45) is 0 Å². The number of aliphatic carboxylic acids is 1. The first-order chi connectivity index (χ1) is 9.58. The lowest BCUT2D eigenvalue weighted by atomic mass is 10.0. The van der Waals surface area contributed by atoms with Crippen LogP contribution in [0.25, 0.3) is 5.57 Å². The SMILES string of the molecule is CCOC(CC(=C=O)c1ccccc1)N[C@@H](C)C(=O)O. The average Bonchev–Trinajstić information content (AvgIpc) is 2.45. The summed E-state index contributed by atoms with van der Waals surface area (Å²) in [6.07, 6.45) is -0.276. The molecule has 0 amide bonds. The number of hydrogen-bond acceptors (Lipinski definition) is 4. The molecule has 0 heterocycles. The van der Waals surface area contributed by atoms with Gasteiger partial charge in [0.15, 0.2) is 0 Å². The van der Waals surface area contributed by atoms with Gasteiger partial charge >= 0.3 is 5.97 Å². The predicted molar refractivity (Wildman–Crippen MR) is 75.8 cm³/mol. The Labute approximate surface area is 118 Å². The summed E-state index contributed by atoms with van der Waals surface area (Å²) in [7, 11) is 0. The zero-order valence-corrected chi connectivity index (χ0v) is 11.6. The summed E-state index contributed by atoms with van der Waals surface area (Å²) in [4.78, 5) is 22.0. The van der Waals surface area contributed by atoms with Crippen molar-refractivity contribution in [2.45, 2.75) is 32.5 Å². The van der Waals surface area contributed by atoms with Crippen molar-refractivity contribution in [1.82, 2.24) is 5.32 Å². The normalized spacial score (nSPS) is 13.3. The van der Waals surface area contributed by atoms with Crippen LogP contribution in [0, 0.1) is 0 Å². The number of carbonyl (C=O) groups excluding carboxylic acids is 1. The van der Waals surface area contributed by atoms with Crippen LogP contribution >= 0.6 is 0 Å². The maximum Gasteiger partial charge on any atom is 0.320 e. The molecule has 1 unspecified atom stereocenters. The molecule has 0 radical (unpaired) electrons. The Kier molecular flexibility index (Phi) is 6.67. The molecule has 0 aliphatic heterocycles. The summed E-state index contributed by atoms with van der Waals surface area (Å²) in [6, 6.07) is 8.38. The number of ether oxygens (including phenoxy) is 1. The fourth-order valence-electron chi connectivity index (χ4n) is 1.76. The summed E-state index contributed by atoms with van der Waals surface area (Å²) < 4.78 is 5.44. The van der Waals surface area contributed by atoms with Crippen molar-refractivity contribution in [3.05, 3.63) is 35.9 Å². The summed E-state index contributed by atoms with van der Waals surface area (Å²) >= 11 is 0. The van der Waals surface area contributed by atoms with Crippen LogP contribution in [0.1, 0.15) is 25.8 Å². The zero-order chi connectivity index (χ0) is 15.0. The molecule has 1 aromatic carbocycles. The zero-order valence-electron chi connectivity index (χ0n) is 11.6. The lowest BCUT2D eigenvalue weighted by molar-refractivity contribution is -0.140. The van der Waals surface area contributed by atoms with Crippen molar-refractivity contribution < 1.29 is 19.4 Å². The maximum absolute atomic E-state index is 11.1. The van der Waals surface area contributed by atoms with Gasteiger partial charge in [0.1, 0.15) is 18.2 Å². The number of carboxylic acid groups (broad SMARTS) is 1. The molecule has 1 rings (SSSR count). The van der Waals surface area contributed by atoms with E-state index in [0.29, 0.717) is 12.2 Å². The highest BCUT2D eigenvalue weighted by Gasteiger charge is 2.19. The second kappa shape index (κ2) is 8.27. The van der Waals surface area contributed by atoms with Crippen molar-refractivity contribution >= 4 is 17.5 Å². The van der Waals surface area contributed by atoms with Crippen LogP contribution in [0.15, 0.2) is 30.3 Å². The highest BCUT2D eigenvalue weighted by Crippen LogP contribution is 2.17. The molecule has 0 bridgehead atoms. The largest absolute Gasteiger partial charge is 0.480 e. The molecule has 5 nitrogen and oxygen atoms in total. The van der Waals surface area contributed by atoms with E-state index in [-0.39, 0.29) is 6.42 Å². The van der Waals surface area contributed by atoms with Gasteiger partial charge in [-0.25, -0.2) is 4.79 Å². The molecule has 108 valence electrons. The molecule has 0 aliphatic rings. The third-order valence-corrected chi connectivity index (χ3v) is 2.81. The maximum atomic E-state index is 11.1. The average molecular weight is 277 g/mol. The highest BCUT2D eigenvalue weighted by atomic mass is 16.5. The van der Waals surface area contributed by atoms with Gasteiger partial charge in [-0.15, -0.1) is 0 Å². The lowest BCUT2D eigenvalue weighted by Gasteiger charge is -2.21. The number of benzene rings is 1. The fourth-order valence-corrected chi connectivity index (χ4v) is 1.76. The second-order valence-electron chi connectivity index (χ2n) is 4.32. The Hall–Kier alpha value is -1.94. The number of carbonyl (C=O) groups is 1. The van der Waals surface area contributed by atoms with E-state index in [4.69, 9.17) is 9.84 Å². The Morgan fingerprint density at radius 2 is 2.05 bits per heavy atom. The molecule has 0 aromatic heterocycles. The van der Waals surface area contributed by atoms with Gasteiger partial charge in [0.2, 0.25) is 0 Å². The predicted octanol–water partition coefficient (Wildman–Crippen LogP) is 1.72. The summed E-state index contributed by atoms with van der Waals surface area (Å²) in [6.45, 7) is 3.76. The second-order valence-corrected chi connectivity index (χ2v) is 4.32. The van der Waals surface area contributed by atoms with Gasteiger partial charge in [0, 0.05) is 18.6 Å². The summed E-state index contributed by atoms with van der Waals surface area (Å²) in [5.74, 6) is 0.942. The van der Waals surface area contributed by atoms with E-state index in [1.165, 1.54) is 6.92 Å². The smallest absolute Gasteiger partial charge is 0.320 e. The van der Waals surface area contributed by atoms with Crippen LogP contribution in [0.2, 0.25) is 0 Å². The van der Waals surface area contributed by atoms with Crippen LogP contribution < -0.4 is 5.32 Å².